The number of nitrogen functional groups attached to an aromatic ring is 1. The van der Waals surface area contributed by atoms with E-state index in [2.05, 4.69) is 5.32 Å². The maximum absolute atomic E-state index is 12.3. The Kier molecular flexibility index (Phi) is 7.43. The van der Waals surface area contributed by atoms with E-state index in [1.54, 1.807) is 18.2 Å². The largest absolute Gasteiger partial charge is 0.480 e. The van der Waals surface area contributed by atoms with Crippen molar-refractivity contribution in [3.63, 3.8) is 0 Å². The van der Waals surface area contributed by atoms with Crippen molar-refractivity contribution in [2.45, 2.75) is 71.0 Å². The lowest BCUT2D eigenvalue weighted by Crippen LogP contribution is -2.37. The van der Waals surface area contributed by atoms with E-state index in [9.17, 15) is 9.59 Å². The second kappa shape index (κ2) is 9.57. The van der Waals surface area contributed by atoms with Gasteiger partial charge in [0.1, 0.15) is 17.2 Å². The molecule has 7 nitrogen and oxygen atoms in total. The zero-order chi connectivity index (χ0) is 20.7. The van der Waals surface area contributed by atoms with Crippen LogP contribution in [-0.2, 0) is 20.7 Å². The van der Waals surface area contributed by atoms with Gasteiger partial charge >= 0.3 is 5.97 Å². The van der Waals surface area contributed by atoms with E-state index < -0.39 is 11.7 Å². The first-order valence-corrected chi connectivity index (χ1v) is 9.79. The standard InChI is InChI=1S/C21H31N3O4/c1-21(2,3)28-18(25)8-6-4-5-7-11-24-20(26)17-13-15-12-14(19(22)23)9-10-16(15)27-17/h9-10,12,17H,4-8,11,13H2,1-3H3,(H3,22,23)(H,24,26). The summed E-state index contributed by atoms with van der Waals surface area (Å²) in [6, 6.07) is 5.28. The first-order chi connectivity index (χ1) is 13.2. The van der Waals surface area contributed by atoms with Gasteiger partial charge in [0, 0.05) is 24.9 Å². The molecule has 0 aliphatic carbocycles. The van der Waals surface area contributed by atoms with Crippen LogP contribution < -0.4 is 15.8 Å². The number of hydrogen-bond acceptors (Lipinski definition) is 5. The molecule has 1 aromatic rings. The molecule has 0 bridgehead atoms. The van der Waals surface area contributed by atoms with Gasteiger partial charge < -0.3 is 20.5 Å². The summed E-state index contributed by atoms with van der Waals surface area (Å²) in [5, 5.41) is 10.4. The smallest absolute Gasteiger partial charge is 0.306 e. The van der Waals surface area contributed by atoms with Gasteiger partial charge in [0.2, 0.25) is 0 Å². The highest BCUT2D eigenvalue weighted by Crippen LogP contribution is 2.29. The Labute approximate surface area is 166 Å². The number of nitrogens with one attached hydrogen (secondary N) is 2. The summed E-state index contributed by atoms with van der Waals surface area (Å²) in [5.41, 5.74) is 6.60. The summed E-state index contributed by atoms with van der Waals surface area (Å²) in [7, 11) is 0. The number of amides is 1. The molecule has 0 saturated carbocycles. The number of hydrogen-bond donors (Lipinski definition) is 3. The maximum Gasteiger partial charge on any atom is 0.306 e. The van der Waals surface area contributed by atoms with Crippen molar-refractivity contribution in [3.8, 4) is 5.75 Å². The molecule has 0 fully saturated rings. The number of fused-ring (bicyclic) bond motifs is 1. The highest BCUT2D eigenvalue weighted by Gasteiger charge is 2.29. The molecule has 1 unspecified atom stereocenters. The topological polar surface area (TPSA) is 114 Å². The molecule has 4 N–H and O–H groups in total. The summed E-state index contributed by atoms with van der Waals surface area (Å²) in [5.74, 6) is 0.385. The summed E-state index contributed by atoms with van der Waals surface area (Å²) in [4.78, 5) is 23.9. The van der Waals surface area contributed by atoms with E-state index in [0.29, 0.717) is 30.7 Å². The van der Waals surface area contributed by atoms with E-state index in [1.165, 1.54) is 0 Å². The summed E-state index contributed by atoms with van der Waals surface area (Å²) < 4.78 is 11.0. The van der Waals surface area contributed by atoms with E-state index in [0.717, 1.165) is 31.2 Å². The number of carbonyl (C=O) groups is 2. The van der Waals surface area contributed by atoms with Crippen LogP contribution in [0.5, 0.6) is 5.75 Å². The molecule has 0 radical (unpaired) electrons. The Hall–Kier alpha value is -2.57. The van der Waals surface area contributed by atoms with Crippen molar-refractivity contribution in [3.05, 3.63) is 29.3 Å². The molecule has 28 heavy (non-hydrogen) atoms. The number of amidine groups is 1. The predicted octanol–water partition coefficient (Wildman–Crippen LogP) is 2.68. The molecule has 1 atom stereocenters. The van der Waals surface area contributed by atoms with Crippen LogP contribution >= 0.6 is 0 Å². The Morgan fingerprint density at radius 1 is 1.25 bits per heavy atom. The third-order valence-corrected chi connectivity index (χ3v) is 4.37. The molecular formula is C21H31N3O4. The number of unbranched alkanes of at least 4 members (excludes halogenated alkanes) is 3. The minimum Gasteiger partial charge on any atom is -0.480 e. The van der Waals surface area contributed by atoms with Crippen molar-refractivity contribution in [2.75, 3.05) is 6.54 Å². The monoisotopic (exact) mass is 389 g/mol. The van der Waals surface area contributed by atoms with Crippen LogP contribution in [0, 0.1) is 5.41 Å². The Bertz CT molecular complexity index is 725. The first kappa shape index (κ1) is 21.7. The fraction of sp³-hybridized carbons (Fsp3) is 0.571. The number of nitrogens with two attached hydrogens (primary N) is 1. The molecule has 0 saturated heterocycles. The maximum atomic E-state index is 12.3. The fourth-order valence-corrected chi connectivity index (χ4v) is 3.03. The number of benzene rings is 1. The van der Waals surface area contributed by atoms with Gasteiger partial charge in [-0.3, -0.25) is 15.0 Å². The first-order valence-electron chi connectivity index (χ1n) is 9.79. The molecule has 7 heteroatoms. The van der Waals surface area contributed by atoms with Gasteiger partial charge in [-0.1, -0.05) is 12.8 Å². The van der Waals surface area contributed by atoms with Crippen molar-refractivity contribution < 1.29 is 19.1 Å². The summed E-state index contributed by atoms with van der Waals surface area (Å²) in [6.45, 7) is 6.17. The third-order valence-electron chi connectivity index (χ3n) is 4.37. The van der Waals surface area contributed by atoms with Gasteiger partial charge in [-0.25, -0.2) is 0 Å². The molecule has 154 valence electrons. The zero-order valence-corrected chi connectivity index (χ0v) is 17.0. The quantitative estimate of drug-likeness (QED) is 0.260. The average Bonchev–Trinajstić information content (AvgIpc) is 3.02. The summed E-state index contributed by atoms with van der Waals surface area (Å²) >= 11 is 0. The van der Waals surface area contributed by atoms with Gasteiger partial charge in [0.15, 0.2) is 6.10 Å². The van der Waals surface area contributed by atoms with Crippen LogP contribution in [0.4, 0.5) is 0 Å². The van der Waals surface area contributed by atoms with Crippen molar-refractivity contribution >= 4 is 17.7 Å². The normalized spacial score (nSPS) is 15.5. The minimum absolute atomic E-state index is 0.00219. The van der Waals surface area contributed by atoms with Crippen LogP contribution in [0.2, 0.25) is 0 Å². The Morgan fingerprint density at radius 3 is 2.64 bits per heavy atom. The fourth-order valence-electron chi connectivity index (χ4n) is 3.03. The highest BCUT2D eigenvalue weighted by molar-refractivity contribution is 5.95. The molecule has 0 aromatic heterocycles. The van der Waals surface area contributed by atoms with E-state index in [1.807, 2.05) is 20.8 Å². The molecule has 1 aromatic carbocycles. The highest BCUT2D eigenvalue weighted by atomic mass is 16.6. The van der Waals surface area contributed by atoms with Crippen LogP contribution in [0.15, 0.2) is 18.2 Å². The van der Waals surface area contributed by atoms with Crippen LogP contribution in [0.25, 0.3) is 0 Å². The lowest BCUT2D eigenvalue weighted by molar-refractivity contribution is -0.154. The van der Waals surface area contributed by atoms with Crippen molar-refractivity contribution in [2.24, 2.45) is 5.73 Å². The van der Waals surface area contributed by atoms with Gasteiger partial charge in [-0.05, 0) is 57.4 Å². The average molecular weight is 389 g/mol. The molecule has 2 rings (SSSR count). The second-order valence-corrected chi connectivity index (χ2v) is 8.09. The molecule has 1 amide bonds. The summed E-state index contributed by atoms with van der Waals surface area (Å²) in [6.07, 6.45) is 3.89. The molecule has 1 heterocycles. The van der Waals surface area contributed by atoms with E-state index >= 15 is 0 Å². The van der Waals surface area contributed by atoms with E-state index in [4.69, 9.17) is 20.6 Å². The van der Waals surface area contributed by atoms with Crippen LogP contribution in [0.3, 0.4) is 0 Å². The van der Waals surface area contributed by atoms with Crippen LogP contribution in [0.1, 0.15) is 64.0 Å². The van der Waals surface area contributed by atoms with Gasteiger partial charge in [-0.2, -0.15) is 0 Å². The SMILES string of the molecule is CC(C)(C)OC(=O)CCCCCCNC(=O)C1Cc2cc(C(=N)N)ccc2O1. The lowest BCUT2D eigenvalue weighted by atomic mass is 10.1. The van der Waals surface area contributed by atoms with Gasteiger partial charge in [0.25, 0.3) is 5.91 Å². The molecule has 1 aliphatic heterocycles. The number of rotatable bonds is 9. The minimum atomic E-state index is -0.538. The van der Waals surface area contributed by atoms with Gasteiger partial charge in [-0.15, -0.1) is 0 Å². The molecule has 1 aliphatic rings. The molecular weight excluding hydrogens is 358 g/mol. The third kappa shape index (κ3) is 6.87. The van der Waals surface area contributed by atoms with E-state index in [-0.39, 0.29) is 17.7 Å². The number of carbonyl (C=O) groups excluding carboxylic acids is 2. The predicted molar refractivity (Wildman–Crippen MR) is 108 cm³/mol. The van der Waals surface area contributed by atoms with Crippen molar-refractivity contribution in [1.29, 1.82) is 5.41 Å². The molecule has 0 spiro atoms. The van der Waals surface area contributed by atoms with Crippen molar-refractivity contribution in [1.82, 2.24) is 5.32 Å². The zero-order valence-electron chi connectivity index (χ0n) is 17.0. The van der Waals surface area contributed by atoms with Crippen LogP contribution in [-0.4, -0.2) is 36.0 Å². The number of ether oxygens (including phenoxy) is 2. The Balaban J connectivity index is 1.60. The second-order valence-electron chi connectivity index (χ2n) is 8.09. The lowest BCUT2D eigenvalue weighted by Gasteiger charge is -2.19. The Morgan fingerprint density at radius 2 is 1.96 bits per heavy atom. The number of esters is 1. The van der Waals surface area contributed by atoms with Gasteiger partial charge in [0.05, 0.1) is 0 Å².